The van der Waals surface area contributed by atoms with Crippen molar-refractivity contribution >= 4 is 27.5 Å². The summed E-state index contributed by atoms with van der Waals surface area (Å²) >= 11 is 3.40. The molecular weight excluding hydrogens is 360 g/mol. The van der Waals surface area contributed by atoms with E-state index in [1.54, 1.807) is 12.1 Å². The van der Waals surface area contributed by atoms with Gasteiger partial charge in [0, 0.05) is 22.3 Å². The predicted molar refractivity (Wildman–Crippen MR) is 89.1 cm³/mol. The van der Waals surface area contributed by atoms with Crippen molar-refractivity contribution in [3.8, 4) is 5.69 Å². The molecule has 116 valence electrons. The Morgan fingerprint density at radius 2 is 2.13 bits per heavy atom. The van der Waals surface area contributed by atoms with Gasteiger partial charge in [-0.3, -0.25) is 4.79 Å². The van der Waals surface area contributed by atoms with Crippen LogP contribution >= 0.6 is 15.9 Å². The van der Waals surface area contributed by atoms with Crippen LogP contribution in [-0.4, -0.2) is 26.1 Å². The van der Waals surface area contributed by atoms with E-state index in [0.29, 0.717) is 23.5 Å². The number of nitrogens with zero attached hydrogens (tertiary/aromatic N) is 4. The van der Waals surface area contributed by atoms with Gasteiger partial charge in [-0.15, -0.1) is 5.10 Å². The number of nitrogens with two attached hydrogens (primary N) is 1. The van der Waals surface area contributed by atoms with Crippen LogP contribution in [0.5, 0.6) is 0 Å². The van der Waals surface area contributed by atoms with Gasteiger partial charge in [0.15, 0.2) is 0 Å². The molecule has 1 aromatic heterocycles. The maximum atomic E-state index is 12.5. The second-order valence-electron chi connectivity index (χ2n) is 4.81. The summed E-state index contributed by atoms with van der Waals surface area (Å²) in [7, 11) is 0. The average molecular weight is 373 g/mol. The van der Waals surface area contributed by atoms with E-state index >= 15 is 0 Å². The second kappa shape index (κ2) is 6.67. The monoisotopic (exact) mass is 372 g/mol. The highest BCUT2D eigenvalue weighted by Gasteiger charge is 2.10. The third-order valence-electron chi connectivity index (χ3n) is 3.18. The van der Waals surface area contributed by atoms with Crippen LogP contribution in [0.1, 0.15) is 15.9 Å². The fourth-order valence-electron chi connectivity index (χ4n) is 2.10. The van der Waals surface area contributed by atoms with E-state index in [4.69, 9.17) is 5.73 Å². The van der Waals surface area contributed by atoms with Crippen molar-refractivity contribution in [3.63, 3.8) is 0 Å². The maximum Gasteiger partial charge on any atom is 0.255 e. The van der Waals surface area contributed by atoms with Crippen LogP contribution in [0, 0.1) is 0 Å². The van der Waals surface area contributed by atoms with Crippen LogP contribution in [0.15, 0.2) is 53.3 Å². The molecule has 2 aromatic carbocycles. The minimum Gasteiger partial charge on any atom is -0.326 e. The quantitative estimate of drug-likeness (QED) is 0.730. The lowest BCUT2D eigenvalue weighted by Gasteiger charge is -2.09. The molecule has 0 aliphatic heterocycles. The molecule has 8 heteroatoms. The van der Waals surface area contributed by atoms with Crippen molar-refractivity contribution < 1.29 is 4.79 Å². The molecule has 3 N–H and O–H groups in total. The largest absolute Gasteiger partial charge is 0.326 e. The van der Waals surface area contributed by atoms with Gasteiger partial charge in [-0.25, -0.2) is 4.68 Å². The molecule has 1 amide bonds. The fraction of sp³-hybridized carbons (Fsp3) is 0.0667. The Balaban J connectivity index is 1.87. The smallest absolute Gasteiger partial charge is 0.255 e. The number of nitrogens with one attached hydrogen (secondary N) is 1. The molecular formula is C15H13BrN6O. The first kappa shape index (κ1) is 15.3. The molecule has 0 aliphatic carbocycles. The normalized spacial score (nSPS) is 10.5. The molecule has 0 fully saturated rings. The lowest BCUT2D eigenvalue weighted by atomic mass is 10.1. The number of amides is 1. The van der Waals surface area contributed by atoms with Crippen LogP contribution < -0.4 is 11.1 Å². The molecule has 0 radical (unpaired) electrons. The molecule has 0 saturated heterocycles. The molecule has 0 atom stereocenters. The Bertz CT molecular complexity index is 834. The average Bonchev–Trinajstić information content (AvgIpc) is 3.09. The fourth-order valence-corrected chi connectivity index (χ4v) is 2.58. The molecule has 1 heterocycles. The van der Waals surface area contributed by atoms with Crippen molar-refractivity contribution in [3.05, 3.63) is 64.4 Å². The second-order valence-corrected chi connectivity index (χ2v) is 5.73. The SMILES string of the molecule is NCc1cccc(NC(=O)c2cc(Br)cc(-n3cnnn3)c2)c1. The first-order chi connectivity index (χ1) is 11.2. The standard InChI is InChI=1S/C15H13BrN6O/c16-12-5-11(6-14(7-12)22-9-18-20-21-22)15(23)19-13-3-1-2-10(4-13)8-17/h1-7,9H,8,17H2,(H,19,23). The highest BCUT2D eigenvalue weighted by atomic mass is 79.9. The minimum absolute atomic E-state index is 0.227. The van der Waals surface area contributed by atoms with Gasteiger partial charge < -0.3 is 11.1 Å². The summed E-state index contributed by atoms with van der Waals surface area (Å²) in [5, 5.41) is 13.9. The van der Waals surface area contributed by atoms with E-state index in [9.17, 15) is 4.79 Å². The lowest BCUT2D eigenvalue weighted by Crippen LogP contribution is -2.13. The predicted octanol–water partition coefficient (Wildman–Crippen LogP) is 2.14. The number of carbonyl (C=O) groups excluding carboxylic acids is 1. The van der Waals surface area contributed by atoms with E-state index in [1.807, 2.05) is 30.3 Å². The number of benzene rings is 2. The minimum atomic E-state index is -0.227. The van der Waals surface area contributed by atoms with E-state index in [0.717, 1.165) is 10.0 Å². The summed E-state index contributed by atoms with van der Waals surface area (Å²) in [5.41, 5.74) is 8.44. The van der Waals surface area contributed by atoms with Crippen LogP contribution in [0.2, 0.25) is 0 Å². The van der Waals surface area contributed by atoms with Gasteiger partial charge in [0.1, 0.15) is 6.33 Å². The van der Waals surface area contributed by atoms with Crippen molar-refractivity contribution in [1.29, 1.82) is 0 Å². The number of hydrogen-bond donors (Lipinski definition) is 2. The molecule has 0 spiro atoms. The summed E-state index contributed by atoms with van der Waals surface area (Å²) in [6.45, 7) is 0.421. The zero-order valence-corrected chi connectivity index (χ0v) is 13.6. The Morgan fingerprint density at radius 1 is 1.26 bits per heavy atom. The summed E-state index contributed by atoms with van der Waals surface area (Å²) in [5.74, 6) is -0.227. The number of halogens is 1. The maximum absolute atomic E-state index is 12.5. The van der Waals surface area contributed by atoms with Crippen molar-refractivity contribution in [2.75, 3.05) is 5.32 Å². The molecule has 0 saturated carbocycles. The number of tetrazole rings is 1. The van der Waals surface area contributed by atoms with Gasteiger partial charge in [-0.1, -0.05) is 28.1 Å². The topological polar surface area (TPSA) is 98.7 Å². The Morgan fingerprint density at radius 3 is 2.87 bits per heavy atom. The molecule has 3 aromatic rings. The summed E-state index contributed by atoms with van der Waals surface area (Å²) < 4.78 is 2.24. The number of rotatable bonds is 4. The Hall–Kier alpha value is -2.58. The molecule has 7 nitrogen and oxygen atoms in total. The number of anilines is 1. The molecule has 0 bridgehead atoms. The Kier molecular flexibility index (Phi) is 4.45. The first-order valence-electron chi connectivity index (χ1n) is 6.80. The van der Waals surface area contributed by atoms with E-state index in [1.165, 1.54) is 11.0 Å². The van der Waals surface area contributed by atoms with Gasteiger partial charge in [-0.05, 0) is 46.3 Å². The van der Waals surface area contributed by atoms with Crippen molar-refractivity contribution in [1.82, 2.24) is 20.2 Å². The van der Waals surface area contributed by atoms with Gasteiger partial charge in [-0.2, -0.15) is 0 Å². The Labute approximate surface area is 140 Å². The lowest BCUT2D eigenvalue weighted by molar-refractivity contribution is 0.102. The molecule has 0 unspecified atom stereocenters. The summed E-state index contributed by atoms with van der Waals surface area (Å²) in [4.78, 5) is 12.5. The van der Waals surface area contributed by atoms with Crippen LogP contribution in [0.3, 0.4) is 0 Å². The van der Waals surface area contributed by atoms with Gasteiger partial charge in [0.25, 0.3) is 5.91 Å². The molecule has 0 aliphatic rings. The van der Waals surface area contributed by atoms with Crippen molar-refractivity contribution in [2.45, 2.75) is 6.54 Å². The highest BCUT2D eigenvalue weighted by Crippen LogP contribution is 2.19. The number of carbonyl (C=O) groups is 1. The van der Waals surface area contributed by atoms with E-state index < -0.39 is 0 Å². The molecule has 3 rings (SSSR count). The molecule has 23 heavy (non-hydrogen) atoms. The van der Waals surface area contributed by atoms with Crippen LogP contribution in [-0.2, 0) is 6.54 Å². The van der Waals surface area contributed by atoms with Gasteiger partial charge >= 0.3 is 0 Å². The first-order valence-corrected chi connectivity index (χ1v) is 7.59. The van der Waals surface area contributed by atoms with E-state index in [2.05, 4.69) is 36.8 Å². The van der Waals surface area contributed by atoms with Crippen molar-refractivity contribution in [2.24, 2.45) is 5.73 Å². The number of aromatic nitrogens is 4. The summed E-state index contributed by atoms with van der Waals surface area (Å²) in [6.07, 6.45) is 1.47. The zero-order chi connectivity index (χ0) is 16.2. The zero-order valence-electron chi connectivity index (χ0n) is 12.0. The summed E-state index contributed by atoms with van der Waals surface area (Å²) in [6, 6.07) is 12.7. The van der Waals surface area contributed by atoms with Crippen LogP contribution in [0.25, 0.3) is 5.69 Å². The van der Waals surface area contributed by atoms with Crippen LogP contribution in [0.4, 0.5) is 5.69 Å². The third kappa shape index (κ3) is 3.61. The number of hydrogen-bond acceptors (Lipinski definition) is 5. The van der Waals surface area contributed by atoms with E-state index in [-0.39, 0.29) is 5.91 Å². The highest BCUT2D eigenvalue weighted by molar-refractivity contribution is 9.10. The van der Waals surface area contributed by atoms with Gasteiger partial charge in [0.2, 0.25) is 0 Å². The van der Waals surface area contributed by atoms with Gasteiger partial charge in [0.05, 0.1) is 5.69 Å². The third-order valence-corrected chi connectivity index (χ3v) is 3.64.